The van der Waals surface area contributed by atoms with Gasteiger partial charge in [0, 0.05) is 11.8 Å². The second kappa shape index (κ2) is 6.87. The average molecular weight is 351 g/mol. The number of benzene rings is 2. The monoisotopic (exact) mass is 351 g/mol. The lowest BCUT2D eigenvalue weighted by molar-refractivity contribution is 0.101. The molecule has 3 aromatic rings. The molecule has 2 heterocycles. The van der Waals surface area contributed by atoms with Gasteiger partial charge in [-0.3, -0.25) is 4.79 Å². The molecule has 1 aliphatic heterocycles. The highest BCUT2D eigenvalue weighted by Crippen LogP contribution is 2.33. The first kappa shape index (κ1) is 16.1. The Kier molecular flexibility index (Phi) is 4.27. The van der Waals surface area contributed by atoms with Crippen molar-refractivity contribution < 1.29 is 19.0 Å². The lowest BCUT2D eigenvalue weighted by Gasteiger charge is -2.19. The van der Waals surface area contributed by atoms with E-state index >= 15 is 0 Å². The van der Waals surface area contributed by atoms with Gasteiger partial charge in [0.1, 0.15) is 13.2 Å². The number of amides is 1. The van der Waals surface area contributed by atoms with Gasteiger partial charge < -0.3 is 19.5 Å². The Morgan fingerprint density at radius 3 is 2.58 bits per heavy atom. The molecular weight excluding hydrogens is 334 g/mol. The molecule has 132 valence electrons. The van der Waals surface area contributed by atoms with E-state index in [1.807, 2.05) is 25.1 Å². The Balaban J connectivity index is 1.66. The Bertz CT molecular complexity index is 974. The number of nitrogens with zero attached hydrogens (tertiary/aromatic N) is 2. The zero-order chi connectivity index (χ0) is 17.9. The van der Waals surface area contributed by atoms with Crippen LogP contribution in [0.25, 0.3) is 11.0 Å². The van der Waals surface area contributed by atoms with Crippen LogP contribution in [0.15, 0.2) is 42.5 Å². The van der Waals surface area contributed by atoms with Gasteiger partial charge in [-0.05, 0) is 31.2 Å². The Labute approximate surface area is 149 Å². The van der Waals surface area contributed by atoms with E-state index in [9.17, 15) is 4.79 Å². The highest BCUT2D eigenvalue weighted by Gasteiger charge is 2.19. The zero-order valence-electron chi connectivity index (χ0n) is 14.2. The largest absolute Gasteiger partial charge is 0.486 e. The maximum absolute atomic E-state index is 12.8. The highest BCUT2D eigenvalue weighted by atomic mass is 16.6. The summed E-state index contributed by atoms with van der Waals surface area (Å²) >= 11 is 0. The van der Waals surface area contributed by atoms with Crippen LogP contribution >= 0.6 is 0 Å². The van der Waals surface area contributed by atoms with Crippen molar-refractivity contribution in [2.24, 2.45) is 0 Å². The number of fused-ring (bicyclic) bond motifs is 2. The fraction of sp³-hybridized carbons (Fsp3) is 0.211. The molecule has 0 atom stereocenters. The Hall–Kier alpha value is -3.35. The lowest BCUT2D eigenvalue weighted by Crippen LogP contribution is -2.18. The maximum atomic E-state index is 12.8. The van der Waals surface area contributed by atoms with Gasteiger partial charge in [0.05, 0.1) is 17.6 Å². The normalized spacial score (nSPS) is 12.7. The summed E-state index contributed by atoms with van der Waals surface area (Å²) in [5.74, 6) is 1.07. The maximum Gasteiger partial charge on any atom is 0.279 e. The second-order valence-electron chi connectivity index (χ2n) is 5.61. The summed E-state index contributed by atoms with van der Waals surface area (Å²) in [4.78, 5) is 21.6. The molecule has 0 fully saturated rings. The van der Waals surface area contributed by atoms with Crippen LogP contribution in [0.2, 0.25) is 0 Å². The topological polar surface area (TPSA) is 82.6 Å². The molecule has 26 heavy (non-hydrogen) atoms. The van der Waals surface area contributed by atoms with Gasteiger partial charge >= 0.3 is 0 Å². The number of para-hydroxylation sites is 2. The van der Waals surface area contributed by atoms with Crippen molar-refractivity contribution >= 4 is 22.6 Å². The van der Waals surface area contributed by atoms with Crippen molar-refractivity contribution in [2.75, 3.05) is 25.1 Å². The smallest absolute Gasteiger partial charge is 0.279 e. The van der Waals surface area contributed by atoms with Gasteiger partial charge in [-0.1, -0.05) is 12.1 Å². The summed E-state index contributed by atoms with van der Waals surface area (Å²) in [6, 6.07) is 12.6. The quantitative estimate of drug-likeness (QED) is 0.778. The predicted octanol–water partition coefficient (Wildman–Crippen LogP) is 3.05. The second-order valence-corrected chi connectivity index (χ2v) is 5.61. The molecule has 0 bridgehead atoms. The SMILES string of the molecule is CCOc1nc2ccccc2nc1C(=O)Nc1ccc2c(c1)OCCO2. The number of aromatic nitrogens is 2. The third-order valence-electron chi connectivity index (χ3n) is 3.83. The van der Waals surface area contributed by atoms with Crippen molar-refractivity contribution in [1.82, 2.24) is 9.97 Å². The van der Waals surface area contributed by atoms with E-state index in [0.29, 0.717) is 48.0 Å². The molecule has 7 heteroatoms. The number of nitrogens with one attached hydrogen (secondary N) is 1. The van der Waals surface area contributed by atoms with Crippen LogP contribution in [0.1, 0.15) is 17.4 Å². The molecule has 1 aromatic heterocycles. The molecular formula is C19H17N3O4. The molecule has 0 saturated carbocycles. The Morgan fingerprint density at radius 2 is 1.81 bits per heavy atom. The minimum absolute atomic E-state index is 0.139. The van der Waals surface area contributed by atoms with E-state index in [1.54, 1.807) is 24.3 Å². The van der Waals surface area contributed by atoms with Crippen LogP contribution in [0.3, 0.4) is 0 Å². The van der Waals surface area contributed by atoms with Gasteiger partial charge in [0.2, 0.25) is 5.88 Å². The predicted molar refractivity (Wildman–Crippen MR) is 96.1 cm³/mol. The summed E-state index contributed by atoms with van der Waals surface area (Å²) in [6.07, 6.45) is 0. The molecule has 0 radical (unpaired) electrons. The van der Waals surface area contributed by atoms with Gasteiger partial charge in [-0.25, -0.2) is 9.97 Å². The van der Waals surface area contributed by atoms with Crippen molar-refractivity contribution in [3.8, 4) is 17.4 Å². The molecule has 1 amide bonds. The number of ether oxygens (including phenoxy) is 3. The van der Waals surface area contributed by atoms with Gasteiger partial charge in [0.15, 0.2) is 17.2 Å². The van der Waals surface area contributed by atoms with Crippen LogP contribution in [-0.2, 0) is 0 Å². The summed E-state index contributed by atoms with van der Waals surface area (Å²) in [5.41, 5.74) is 2.02. The third-order valence-corrected chi connectivity index (χ3v) is 3.83. The van der Waals surface area contributed by atoms with E-state index in [1.165, 1.54) is 0 Å². The van der Waals surface area contributed by atoms with Crippen molar-refractivity contribution in [3.05, 3.63) is 48.2 Å². The number of anilines is 1. The molecule has 0 saturated heterocycles. The first-order valence-corrected chi connectivity index (χ1v) is 8.35. The molecule has 7 nitrogen and oxygen atoms in total. The summed E-state index contributed by atoms with van der Waals surface area (Å²) in [7, 11) is 0. The fourth-order valence-electron chi connectivity index (χ4n) is 2.68. The fourth-order valence-corrected chi connectivity index (χ4v) is 2.68. The van der Waals surface area contributed by atoms with Crippen molar-refractivity contribution in [3.63, 3.8) is 0 Å². The number of carbonyl (C=O) groups is 1. The molecule has 2 aromatic carbocycles. The van der Waals surface area contributed by atoms with E-state index in [-0.39, 0.29) is 11.6 Å². The first-order valence-electron chi connectivity index (χ1n) is 8.35. The minimum Gasteiger partial charge on any atom is -0.486 e. The zero-order valence-corrected chi connectivity index (χ0v) is 14.2. The van der Waals surface area contributed by atoms with Crippen LogP contribution in [0, 0.1) is 0 Å². The van der Waals surface area contributed by atoms with E-state index < -0.39 is 5.91 Å². The van der Waals surface area contributed by atoms with Crippen LogP contribution in [0.4, 0.5) is 5.69 Å². The van der Waals surface area contributed by atoms with E-state index in [2.05, 4.69) is 15.3 Å². The van der Waals surface area contributed by atoms with Gasteiger partial charge in [0.25, 0.3) is 5.91 Å². The standard InChI is InChI=1S/C19H17N3O4/c1-2-24-19-17(21-13-5-3-4-6-14(13)22-19)18(23)20-12-7-8-15-16(11-12)26-10-9-25-15/h3-8,11H,2,9-10H2,1H3,(H,20,23). The highest BCUT2D eigenvalue weighted by molar-refractivity contribution is 6.05. The van der Waals surface area contributed by atoms with Crippen LogP contribution in [0.5, 0.6) is 17.4 Å². The molecule has 0 aliphatic carbocycles. The van der Waals surface area contributed by atoms with Crippen LogP contribution < -0.4 is 19.5 Å². The number of hydrogen-bond acceptors (Lipinski definition) is 6. The molecule has 1 aliphatic rings. The first-order chi connectivity index (χ1) is 12.7. The molecule has 0 spiro atoms. The van der Waals surface area contributed by atoms with Crippen molar-refractivity contribution in [2.45, 2.75) is 6.92 Å². The minimum atomic E-state index is -0.400. The summed E-state index contributed by atoms with van der Waals surface area (Å²) in [5, 5.41) is 2.81. The summed E-state index contributed by atoms with van der Waals surface area (Å²) < 4.78 is 16.5. The van der Waals surface area contributed by atoms with E-state index in [0.717, 1.165) is 0 Å². The third kappa shape index (κ3) is 3.11. The molecule has 4 rings (SSSR count). The summed E-state index contributed by atoms with van der Waals surface area (Å²) in [6.45, 7) is 3.22. The lowest BCUT2D eigenvalue weighted by atomic mass is 10.2. The van der Waals surface area contributed by atoms with Crippen LogP contribution in [-0.4, -0.2) is 35.7 Å². The molecule has 1 N–H and O–H groups in total. The van der Waals surface area contributed by atoms with E-state index in [4.69, 9.17) is 14.2 Å². The van der Waals surface area contributed by atoms with Crippen molar-refractivity contribution in [1.29, 1.82) is 0 Å². The average Bonchev–Trinajstić information content (AvgIpc) is 2.67. The van der Waals surface area contributed by atoms with Gasteiger partial charge in [-0.2, -0.15) is 0 Å². The van der Waals surface area contributed by atoms with Gasteiger partial charge in [-0.15, -0.1) is 0 Å². The number of hydrogen-bond donors (Lipinski definition) is 1. The number of rotatable bonds is 4. The Morgan fingerprint density at radius 1 is 1.08 bits per heavy atom. The molecule has 0 unspecified atom stereocenters. The number of carbonyl (C=O) groups excluding carboxylic acids is 1.